The largest absolute Gasteiger partial charge is 0.368 e. The molecule has 3 nitrogen and oxygen atoms in total. The number of morpholine rings is 1. The highest BCUT2D eigenvalue weighted by Gasteiger charge is 2.23. The van der Waals surface area contributed by atoms with Gasteiger partial charge in [0.2, 0.25) is 0 Å². The van der Waals surface area contributed by atoms with Crippen LogP contribution in [0.5, 0.6) is 0 Å². The number of nitrogens with zero attached hydrogens (tertiary/aromatic N) is 1. The first-order valence-corrected chi connectivity index (χ1v) is 5.64. The maximum atomic E-state index is 11.2. The summed E-state index contributed by atoms with van der Waals surface area (Å²) >= 11 is 0. The minimum Gasteiger partial charge on any atom is -0.368 e. The lowest BCUT2D eigenvalue weighted by molar-refractivity contribution is -0.134. The highest BCUT2D eigenvalue weighted by Crippen LogP contribution is 2.10. The standard InChI is InChI=1S/C13H17NO2/c1-11(15)13-10-14(7-8-16-13)9-12-5-3-2-4-6-12/h2-6,13H,7-10H2,1H3/t13-/m0/s1. The first kappa shape index (κ1) is 11.3. The molecule has 2 rings (SSSR count). The summed E-state index contributed by atoms with van der Waals surface area (Å²) in [7, 11) is 0. The fourth-order valence-corrected chi connectivity index (χ4v) is 1.93. The molecule has 3 heteroatoms. The summed E-state index contributed by atoms with van der Waals surface area (Å²) in [6.07, 6.45) is -0.238. The molecule has 16 heavy (non-hydrogen) atoms. The van der Waals surface area contributed by atoms with E-state index in [4.69, 9.17) is 4.74 Å². The van der Waals surface area contributed by atoms with Crippen molar-refractivity contribution in [2.24, 2.45) is 0 Å². The van der Waals surface area contributed by atoms with Crippen molar-refractivity contribution in [3.05, 3.63) is 35.9 Å². The van der Waals surface area contributed by atoms with Gasteiger partial charge in [-0.05, 0) is 12.5 Å². The van der Waals surface area contributed by atoms with Gasteiger partial charge in [0.15, 0.2) is 5.78 Å². The fourth-order valence-electron chi connectivity index (χ4n) is 1.93. The van der Waals surface area contributed by atoms with Crippen molar-refractivity contribution in [2.45, 2.75) is 19.6 Å². The molecule has 0 aromatic heterocycles. The first-order chi connectivity index (χ1) is 7.75. The van der Waals surface area contributed by atoms with Gasteiger partial charge in [0.05, 0.1) is 6.61 Å². The Morgan fingerprint density at radius 3 is 2.88 bits per heavy atom. The number of benzene rings is 1. The lowest BCUT2D eigenvalue weighted by atomic mass is 10.1. The van der Waals surface area contributed by atoms with Gasteiger partial charge in [-0.25, -0.2) is 0 Å². The summed E-state index contributed by atoms with van der Waals surface area (Å²) in [5.74, 6) is 0.123. The van der Waals surface area contributed by atoms with Gasteiger partial charge in [-0.3, -0.25) is 9.69 Å². The fraction of sp³-hybridized carbons (Fsp3) is 0.462. The van der Waals surface area contributed by atoms with Crippen molar-refractivity contribution >= 4 is 5.78 Å². The molecule has 1 fully saturated rings. The first-order valence-electron chi connectivity index (χ1n) is 5.64. The second-order valence-corrected chi connectivity index (χ2v) is 4.19. The number of ketones is 1. The van der Waals surface area contributed by atoms with E-state index in [1.165, 1.54) is 5.56 Å². The van der Waals surface area contributed by atoms with E-state index in [0.717, 1.165) is 13.1 Å². The smallest absolute Gasteiger partial charge is 0.159 e. The average Bonchev–Trinajstić information content (AvgIpc) is 2.30. The molecule has 1 saturated heterocycles. The topological polar surface area (TPSA) is 29.5 Å². The van der Waals surface area contributed by atoms with Gasteiger partial charge >= 0.3 is 0 Å². The second kappa shape index (κ2) is 5.23. The highest BCUT2D eigenvalue weighted by molar-refractivity contribution is 5.80. The predicted molar refractivity (Wildman–Crippen MR) is 62.1 cm³/mol. The molecular weight excluding hydrogens is 202 g/mol. The number of carbonyl (C=O) groups excluding carboxylic acids is 1. The van der Waals surface area contributed by atoms with E-state index in [0.29, 0.717) is 13.2 Å². The van der Waals surface area contributed by atoms with E-state index >= 15 is 0 Å². The molecule has 0 amide bonds. The third-order valence-corrected chi connectivity index (χ3v) is 2.85. The summed E-state index contributed by atoms with van der Waals surface area (Å²) in [6, 6.07) is 10.3. The van der Waals surface area contributed by atoms with Crippen LogP contribution in [0, 0.1) is 0 Å². The molecule has 0 saturated carbocycles. The Labute approximate surface area is 96.0 Å². The molecule has 0 radical (unpaired) electrons. The van der Waals surface area contributed by atoms with Gasteiger partial charge in [0, 0.05) is 19.6 Å². The van der Waals surface area contributed by atoms with E-state index in [2.05, 4.69) is 17.0 Å². The van der Waals surface area contributed by atoms with Crippen LogP contribution in [0.1, 0.15) is 12.5 Å². The number of rotatable bonds is 3. The molecule has 1 aliphatic rings. The van der Waals surface area contributed by atoms with E-state index in [-0.39, 0.29) is 11.9 Å². The molecule has 0 spiro atoms. The van der Waals surface area contributed by atoms with Crippen LogP contribution in [0.3, 0.4) is 0 Å². The zero-order valence-electron chi connectivity index (χ0n) is 9.56. The van der Waals surface area contributed by atoms with Crippen LogP contribution in [-0.4, -0.2) is 36.5 Å². The number of carbonyl (C=O) groups is 1. The average molecular weight is 219 g/mol. The number of Topliss-reactive ketones (excluding diaryl/α,β-unsaturated/α-hetero) is 1. The minimum absolute atomic E-state index is 0.123. The molecule has 1 aliphatic heterocycles. The maximum absolute atomic E-state index is 11.2. The summed E-state index contributed by atoms with van der Waals surface area (Å²) in [6.45, 7) is 4.75. The van der Waals surface area contributed by atoms with Crippen molar-refractivity contribution in [2.75, 3.05) is 19.7 Å². The van der Waals surface area contributed by atoms with Crippen LogP contribution < -0.4 is 0 Å². The summed E-state index contributed by atoms with van der Waals surface area (Å²) in [4.78, 5) is 13.5. The van der Waals surface area contributed by atoms with Crippen LogP contribution in [0.2, 0.25) is 0 Å². The Hall–Kier alpha value is -1.19. The lowest BCUT2D eigenvalue weighted by Gasteiger charge is -2.31. The van der Waals surface area contributed by atoms with Crippen molar-refractivity contribution in [1.29, 1.82) is 0 Å². The van der Waals surface area contributed by atoms with Gasteiger partial charge in [0.1, 0.15) is 6.10 Å². The van der Waals surface area contributed by atoms with Crippen LogP contribution >= 0.6 is 0 Å². The molecular formula is C13H17NO2. The molecule has 1 aromatic carbocycles. The van der Waals surface area contributed by atoms with Crippen LogP contribution in [0.15, 0.2) is 30.3 Å². The molecule has 0 bridgehead atoms. The Morgan fingerprint density at radius 2 is 2.19 bits per heavy atom. The summed E-state index contributed by atoms with van der Waals surface area (Å²) < 4.78 is 5.42. The Morgan fingerprint density at radius 1 is 1.44 bits per heavy atom. The monoisotopic (exact) mass is 219 g/mol. The Bertz CT molecular complexity index is 350. The zero-order valence-corrected chi connectivity index (χ0v) is 9.56. The van der Waals surface area contributed by atoms with Crippen molar-refractivity contribution in [3.8, 4) is 0 Å². The van der Waals surface area contributed by atoms with Gasteiger partial charge in [-0.2, -0.15) is 0 Å². The highest BCUT2D eigenvalue weighted by atomic mass is 16.5. The SMILES string of the molecule is CC(=O)[C@@H]1CN(Cc2ccccc2)CCO1. The van der Waals surface area contributed by atoms with Gasteiger partial charge in [-0.15, -0.1) is 0 Å². The Kier molecular flexibility index (Phi) is 3.70. The molecule has 0 aliphatic carbocycles. The molecule has 0 unspecified atom stereocenters. The second-order valence-electron chi connectivity index (χ2n) is 4.19. The third-order valence-electron chi connectivity index (χ3n) is 2.85. The van der Waals surface area contributed by atoms with Crippen LogP contribution in [0.4, 0.5) is 0 Å². The number of hydrogen-bond donors (Lipinski definition) is 0. The van der Waals surface area contributed by atoms with E-state index < -0.39 is 0 Å². The van der Waals surface area contributed by atoms with E-state index in [9.17, 15) is 4.79 Å². The van der Waals surface area contributed by atoms with Crippen molar-refractivity contribution in [1.82, 2.24) is 4.90 Å². The molecule has 86 valence electrons. The van der Waals surface area contributed by atoms with Crippen molar-refractivity contribution < 1.29 is 9.53 Å². The molecule has 0 N–H and O–H groups in total. The molecule has 1 heterocycles. The normalized spacial score (nSPS) is 21.9. The Balaban J connectivity index is 1.93. The summed E-state index contributed by atoms with van der Waals surface area (Å²) in [5.41, 5.74) is 1.28. The third kappa shape index (κ3) is 2.90. The van der Waals surface area contributed by atoms with Gasteiger partial charge < -0.3 is 4.74 Å². The van der Waals surface area contributed by atoms with Crippen LogP contribution in [-0.2, 0) is 16.1 Å². The lowest BCUT2D eigenvalue weighted by Crippen LogP contribution is -2.44. The molecule has 1 aromatic rings. The quantitative estimate of drug-likeness (QED) is 0.771. The van der Waals surface area contributed by atoms with E-state index in [1.807, 2.05) is 18.2 Å². The number of hydrogen-bond acceptors (Lipinski definition) is 3. The van der Waals surface area contributed by atoms with Gasteiger partial charge in [0.25, 0.3) is 0 Å². The zero-order chi connectivity index (χ0) is 11.4. The predicted octanol–water partition coefficient (Wildman–Crippen LogP) is 1.48. The van der Waals surface area contributed by atoms with Gasteiger partial charge in [-0.1, -0.05) is 30.3 Å². The molecule has 1 atom stereocenters. The van der Waals surface area contributed by atoms with Crippen molar-refractivity contribution in [3.63, 3.8) is 0 Å². The number of ether oxygens (including phenoxy) is 1. The van der Waals surface area contributed by atoms with E-state index in [1.54, 1.807) is 6.92 Å². The maximum Gasteiger partial charge on any atom is 0.159 e. The minimum atomic E-state index is -0.238. The summed E-state index contributed by atoms with van der Waals surface area (Å²) in [5, 5.41) is 0. The van der Waals surface area contributed by atoms with Crippen LogP contribution in [0.25, 0.3) is 0 Å².